The van der Waals surface area contributed by atoms with Crippen molar-refractivity contribution in [1.29, 1.82) is 0 Å². The van der Waals surface area contributed by atoms with Crippen LogP contribution in [0.5, 0.6) is 0 Å². The van der Waals surface area contributed by atoms with Crippen molar-refractivity contribution >= 4 is 39.1 Å². The highest BCUT2D eigenvalue weighted by Gasteiger charge is 2.12. The summed E-state index contributed by atoms with van der Waals surface area (Å²) >= 11 is 4.59. The van der Waals surface area contributed by atoms with Gasteiger partial charge in [0.05, 0.1) is 8.66 Å². The van der Waals surface area contributed by atoms with E-state index in [-0.39, 0.29) is 11.8 Å². The maximum absolute atomic E-state index is 12.0. The first-order chi connectivity index (χ1) is 9.49. The molecular formula is C14H13BrN2O2S. The van der Waals surface area contributed by atoms with Crippen LogP contribution in [-0.4, -0.2) is 11.8 Å². The Kier molecular flexibility index (Phi) is 4.57. The molecule has 0 saturated heterocycles. The molecule has 0 aliphatic carbocycles. The van der Waals surface area contributed by atoms with Crippen LogP contribution in [0.25, 0.3) is 0 Å². The first-order valence-corrected chi connectivity index (χ1v) is 7.52. The average molecular weight is 353 g/mol. The van der Waals surface area contributed by atoms with Crippen molar-refractivity contribution in [2.75, 3.05) is 0 Å². The van der Waals surface area contributed by atoms with Crippen molar-refractivity contribution in [2.24, 2.45) is 0 Å². The second-order valence-corrected chi connectivity index (χ2v) is 6.72. The number of benzene rings is 1. The van der Waals surface area contributed by atoms with E-state index in [1.807, 2.05) is 26.0 Å². The number of amides is 2. The molecule has 0 fully saturated rings. The quantitative estimate of drug-likeness (QED) is 0.815. The highest BCUT2D eigenvalue weighted by Crippen LogP contribution is 2.21. The maximum atomic E-state index is 12.0. The molecule has 1 aromatic heterocycles. The summed E-state index contributed by atoms with van der Waals surface area (Å²) in [5.74, 6) is -0.658. The molecule has 0 aliphatic heterocycles. The Morgan fingerprint density at radius 2 is 1.75 bits per heavy atom. The molecule has 2 amide bonds. The molecule has 0 saturated carbocycles. The Morgan fingerprint density at radius 3 is 2.40 bits per heavy atom. The van der Waals surface area contributed by atoms with Crippen molar-refractivity contribution in [1.82, 2.24) is 10.9 Å². The Balaban J connectivity index is 2.02. The van der Waals surface area contributed by atoms with E-state index < -0.39 is 0 Å². The predicted octanol–water partition coefficient (Wildman–Crippen LogP) is 3.20. The van der Waals surface area contributed by atoms with Gasteiger partial charge in [-0.15, -0.1) is 11.3 Å². The number of nitrogens with one attached hydrogen (secondary N) is 2. The van der Waals surface area contributed by atoms with E-state index in [0.717, 1.165) is 14.9 Å². The Morgan fingerprint density at radius 1 is 1.05 bits per heavy atom. The third kappa shape index (κ3) is 3.26. The van der Waals surface area contributed by atoms with Crippen LogP contribution in [-0.2, 0) is 0 Å². The monoisotopic (exact) mass is 352 g/mol. The average Bonchev–Trinajstić information content (AvgIpc) is 2.85. The van der Waals surface area contributed by atoms with Gasteiger partial charge in [-0.25, -0.2) is 0 Å². The van der Waals surface area contributed by atoms with Gasteiger partial charge in [-0.3, -0.25) is 20.4 Å². The van der Waals surface area contributed by atoms with Crippen molar-refractivity contribution in [3.05, 3.63) is 55.7 Å². The molecule has 1 aromatic carbocycles. The molecular weight excluding hydrogens is 340 g/mol. The topological polar surface area (TPSA) is 58.2 Å². The van der Waals surface area contributed by atoms with Crippen molar-refractivity contribution in [3.8, 4) is 0 Å². The van der Waals surface area contributed by atoms with Gasteiger partial charge >= 0.3 is 0 Å². The molecule has 20 heavy (non-hydrogen) atoms. The van der Waals surface area contributed by atoms with E-state index in [9.17, 15) is 9.59 Å². The molecule has 2 aromatic rings. The van der Waals surface area contributed by atoms with Gasteiger partial charge in [-0.2, -0.15) is 0 Å². The summed E-state index contributed by atoms with van der Waals surface area (Å²) in [5.41, 5.74) is 7.32. The highest BCUT2D eigenvalue weighted by atomic mass is 79.9. The van der Waals surface area contributed by atoms with Gasteiger partial charge in [0.1, 0.15) is 0 Å². The number of aryl methyl sites for hydroxylation is 1. The van der Waals surface area contributed by atoms with Gasteiger partial charge in [0.15, 0.2) is 0 Å². The fourth-order valence-electron chi connectivity index (χ4n) is 1.68. The Labute approximate surface area is 129 Å². The van der Waals surface area contributed by atoms with Gasteiger partial charge in [0.2, 0.25) is 0 Å². The van der Waals surface area contributed by atoms with Crippen LogP contribution in [0.4, 0.5) is 0 Å². The minimum Gasteiger partial charge on any atom is -0.267 e. The number of halogens is 1. The first-order valence-electron chi connectivity index (χ1n) is 5.91. The van der Waals surface area contributed by atoms with Crippen molar-refractivity contribution < 1.29 is 9.59 Å². The maximum Gasteiger partial charge on any atom is 0.279 e. The summed E-state index contributed by atoms with van der Waals surface area (Å²) in [5, 5.41) is 0. The van der Waals surface area contributed by atoms with E-state index in [1.165, 1.54) is 11.3 Å². The summed E-state index contributed by atoms with van der Waals surface area (Å²) in [6.07, 6.45) is 0. The minimum absolute atomic E-state index is 0.324. The summed E-state index contributed by atoms with van der Waals surface area (Å²) in [4.78, 5) is 24.4. The van der Waals surface area contributed by atoms with Crippen LogP contribution < -0.4 is 10.9 Å². The van der Waals surface area contributed by atoms with Crippen LogP contribution >= 0.6 is 27.3 Å². The lowest BCUT2D eigenvalue weighted by molar-refractivity contribution is 0.0848. The standard InChI is InChI=1S/C14H13BrN2O2S/c1-8-4-3-5-10(9(8)2)13(18)16-17-14(19)11-6-7-12(15)20-11/h3-7H,1-2H3,(H,16,18)(H,17,19). The van der Waals surface area contributed by atoms with E-state index in [2.05, 4.69) is 26.8 Å². The first kappa shape index (κ1) is 14.7. The summed E-state index contributed by atoms with van der Waals surface area (Å²) in [6, 6.07) is 8.95. The van der Waals surface area contributed by atoms with Gasteiger partial charge < -0.3 is 0 Å². The third-order valence-corrected chi connectivity index (χ3v) is 4.56. The van der Waals surface area contributed by atoms with Gasteiger partial charge in [0, 0.05) is 5.56 Å². The molecule has 4 nitrogen and oxygen atoms in total. The fourth-order valence-corrected chi connectivity index (χ4v) is 2.96. The van der Waals surface area contributed by atoms with Crippen molar-refractivity contribution in [2.45, 2.75) is 13.8 Å². The molecule has 0 unspecified atom stereocenters. The number of hydrogen-bond acceptors (Lipinski definition) is 3. The molecule has 6 heteroatoms. The molecule has 0 atom stereocenters. The van der Waals surface area contributed by atoms with Crippen molar-refractivity contribution in [3.63, 3.8) is 0 Å². The molecule has 2 rings (SSSR count). The normalized spacial score (nSPS) is 10.2. The molecule has 104 valence electrons. The number of rotatable bonds is 2. The summed E-state index contributed by atoms with van der Waals surface area (Å²) in [6.45, 7) is 3.82. The van der Waals surface area contributed by atoms with E-state index in [0.29, 0.717) is 10.4 Å². The molecule has 0 bridgehead atoms. The second kappa shape index (κ2) is 6.19. The number of carbonyl (C=O) groups is 2. The van der Waals surface area contributed by atoms with E-state index >= 15 is 0 Å². The third-order valence-electron chi connectivity index (χ3n) is 2.94. The summed E-state index contributed by atoms with van der Waals surface area (Å²) in [7, 11) is 0. The number of carbonyl (C=O) groups excluding carboxylic acids is 2. The number of hydrogen-bond donors (Lipinski definition) is 2. The van der Waals surface area contributed by atoms with Crippen LogP contribution in [0.15, 0.2) is 34.1 Å². The van der Waals surface area contributed by atoms with Crippen LogP contribution in [0, 0.1) is 13.8 Å². The zero-order chi connectivity index (χ0) is 14.7. The smallest absolute Gasteiger partial charge is 0.267 e. The van der Waals surface area contributed by atoms with Crippen LogP contribution in [0.1, 0.15) is 31.2 Å². The molecule has 0 spiro atoms. The van der Waals surface area contributed by atoms with Crippen LogP contribution in [0.3, 0.4) is 0 Å². The molecule has 1 heterocycles. The number of thiophene rings is 1. The Bertz CT molecular complexity index is 667. The minimum atomic E-state index is -0.334. The fraction of sp³-hybridized carbons (Fsp3) is 0.143. The Hall–Kier alpha value is -1.66. The second-order valence-electron chi connectivity index (χ2n) is 4.26. The SMILES string of the molecule is Cc1cccc(C(=O)NNC(=O)c2ccc(Br)s2)c1C. The predicted molar refractivity (Wildman–Crippen MR) is 82.9 cm³/mol. The number of hydrazine groups is 1. The zero-order valence-electron chi connectivity index (χ0n) is 11.0. The summed E-state index contributed by atoms with van der Waals surface area (Å²) < 4.78 is 0.864. The lowest BCUT2D eigenvalue weighted by Crippen LogP contribution is -2.41. The molecule has 2 N–H and O–H groups in total. The van der Waals surface area contributed by atoms with E-state index in [4.69, 9.17) is 0 Å². The molecule has 0 aliphatic rings. The van der Waals surface area contributed by atoms with Crippen LogP contribution in [0.2, 0.25) is 0 Å². The highest BCUT2D eigenvalue weighted by molar-refractivity contribution is 9.11. The lowest BCUT2D eigenvalue weighted by atomic mass is 10.0. The van der Waals surface area contributed by atoms with E-state index in [1.54, 1.807) is 18.2 Å². The molecule has 0 radical (unpaired) electrons. The van der Waals surface area contributed by atoms with Gasteiger partial charge in [-0.05, 0) is 59.1 Å². The zero-order valence-corrected chi connectivity index (χ0v) is 13.4. The lowest BCUT2D eigenvalue weighted by Gasteiger charge is -2.09. The van der Waals surface area contributed by atoms with Gasteiger partial charge in [0.25, 0.3) is 11.8 Å². The van der Waals surface area contributed by atoms with Gasteiger partial charge in [-0.1, -0.05) is 12.1 Å². The largest absolute Gasteiger partial charge is 0.279 e.